The van der Waals surface area contributed by atoms with Crippen molar-refractivity contribution in [1.29, 1.82) is 0 Å². The van der Waals surface area contributed by atoms with Crippen LogP contribution in [0.4, 0.5) is 0 Å². The van der Waals surface area contributed by atoms with Crippen molar-refractivity contribution in [1.82, 2.24) is 3.97 Å². The van der Waals surface area contributed by atoms with Crippen LogP contribution in [-0.4, -0.2) is 12.4 Å². The first-order valence-corrected chi connectivity index (χ1v) is 11.7. The van der Waals surface area contributed by atoms with E-state index in [0.717, 1.165) is 26.9 Å². The number of nitrogens with zero attached hydrogens (tertiary/aromatic N) is 1. The monoisotopic (exact) mass is 421 g/mol. The smallest absolute Gasteiger partial charge is 0.233 e. The molecule has 0 unspecified atom stereocenters. The van der Waals surface area contributed by atoms with Gasteiger partial charge in [0, 0.05) is 10.8 Å². The van der Waals surface area contributed by atoms with Gasteiger partial charge >= 0.3 is 0 Å². The zero-order valence-corrected chi connectivity index (χ0v) is 17.7. The fraction of sp³-hybridized carbons (Fsp3) is 0.0370. The Morgan fingerprint density at radius 3 is 2.00 bits per heavy atom. The maximum Gasteiger partial charge on any atom is 0.268 e. The van der Waals surface area contributed by atoms with Gasteiger partial charge < -0.3 is 0 Å². The zero-order valence-electron chi connectivity index (χ0n) is 16.9. The van der Waals surface area contributed by atoms with Gasteiger partial charge in [0.05, 0.1) is 15.9 Å². The molecule has 1 aromatic heterocycles. The van der Waals surface area contributed by atoms with Gasteiger partial charge in [-0.1, -0.05) is 66.7 Å². The maximum absolute atomic E-state index is 13.7. The summed E-state index contributed by atoms with van der Waals surface area (Å²) >= 11 is 0. The number of aryl methyl sites for hydroxylation is 1. The highest BCUT2D eigenvalue weighted by Crippen LogP contribution is 2.37. The lowest BCUT2D eigenvalue weighted by molar-refractivity contribution is 0.590. The summed E-state index contributed by atoms with van der Waals surface area (Å²) in [5, 5.41) is 6.36. The molecule has 150 valence electrons. The van der Waals surface area contributed by atoms with Gasteiger partial charge in [0.1, 0.15) is 0 Å². The molecule has 0 aliphatic carbocycles. The molecule has 31 heavy (non-hydrogen) atoms. The van der Waals surface area contributed by atoms with Gasteiger partial charge in [0.15, 0.2) is 0 Å². The van der Waals surface area contributed by atoms with Crippen molar-refractivity contribution in [3.8, 4) is 0 Å². The molecule has 1 heterocycles. The van der Waals surface area contributed by atoms with Crippen molar-refractivity contribution in [3.05, 3.63) is 103 Å². The van der Waals surface area contributed by atoms with Crippen molar-refractivity contribution < 1.29 is 8.42 Å². The number of aromatic nitrogens is 1. The molecule has 5 aromatic carbocycles. The van der Waals surface area contributed by atoms with E-state index >= 15 is 0 Å². The molecule has 0 saturated heterocycles. The van der Waals surface area contributed by atoms with Crippen LogP contribution in [0.25, 0.3) is 43.4 Å². The first-order valence-electron chi connectivity index (χ1n) is 10.2. The molecule has 0 fully saturated rings. The Morgan fingerprint density at radius 2 is 1.23 bits per heavy atom. The van der Waals surface area contributed by atoms with Crippen molar-refractivity contribution in [2.45, 2.75) is 11.8 Å². The molecular formula is C27H19NO2S. The van der Waals surface area contributed by atoms with E-state index in [0.29, 0.717) is 11.0 Å². The van der Waals surface area contributed by atoms with Crippen LogP contribution in [0.1, 0.15) is 5.56 Å². The molecule has 6 aromatic rings. The molecule has 4 heteroatoms. The fourth-order valence-corrected chi connectivity index (χ4v) is 6.22. The average Bonchev–Trinajstić information content (AvgIpc) is 3.13. The zero-order chi connectivity index (χ0) is 21.2. The molecule has 0 amide bonds. The van der Waals surface area contributed by atoms with Crippen LogP contribution >= 0.6 is 0 Å². The normalized spacial score (nSPS) is 12.3. The summed E-state index contributed by atoms with van der Waals surface area (Å²) in [4.78, 5) is 0.284. The van der Waals surface area contributed by atoms with E-state index in [1.807, 2.05) is 48.5 Å². The number of para-hydroxylation sites is 1. The van der Waals surface area contributed by atoms with Crippen LogP contribution in [-0.2, 0) is 10.0 Å². The van der Waals surface area contributed by atoms with Gasteiger partial charge in [-0.15, -0.1) is 0 Å². The topological polar surface area (TPSA) is 39.1 Å². The highest BCUT2D eigenvalue weighted by atomic mass is 32.2. The van der Waals surface area contributed by atoms with Crippen LogP contribution in [0.2, 0.25) is 0 Å². The fourth-order valence-electron chi connectivity index (χ4n) is 4.68. The molecular weight excluding hydrogens is 402 g/mol. The Kier molecular flexibility index (Phi) is 3.77. The van der Waals surface area contributed by atoms with E-state index in [4.69, 9.17) is 0 Å². The molecule has 0 N–H and O–H groups in total. The Labute approximate surface area is 180 Å². The molecule has 6 rings (SSSR count). The number of benzene rings is 5. The minimum Gasteiger partial charge on any atom is -0.233 e. The quantitative estimate of drug-likeness (QED) is 0.294. The SMILES string of the molecule is Cc1cc2cc3c4ccccc4n(S(=O)(=O)c4ccccc4)c3cc2c2ccccc12. The van der Waals surface area contributed by atoms with Gasteiger partial charge in [-0.3, -0.25) is 0 Å². The number of hydrogen-bond acceptors (Lipinski definition) is 2. The minimum atomic E-state index is -3.76. The van der Waals surface area contributed by atoms with Gasteiger partial charge in [-0.2, -0.15) is 0 Å². The standard InChI is InChI=1S/C27H19NO2S/c1-18-15-19-16-25-23-13-7-8-14-26(23)28(31(29,30)20-9-3-2-4-10-20)27(25)17-24(19)22-12-6-5-11-21(18)22/h2-17H,1H3. The highest BCUT2D eigenvalue weighted by molar-refractivity contribution is 7.90. The van der Waals surface area contributed by atoms with Crippen molar-refractivity contribution in [3.63, 3.8) is 0 Å². The Balaban J connectivity index is 1.84. The third-order valence-electron chi connectivity index (χ3n) is 6.10. The van der Waals surface area contributed by atoms with E-state index < -0.39 is 10.0 Å². The lowest BCUT2D eigenvalue weighted by atomic mass is 9.96. The summed E-state index contributed by atoms with van der Waals surface area (Å²) in [5.41, 5.74) is 2.60. The Hall–Kier alpha value is -3.63. The van der Waals surface area contributed by atoms with E-state index in [1.165, 1.54) is 14.9 Å². The molecule has 0 spiro atoms. The third-order valence-corrected chi connectivity index (χ3v) is 7.84. The number of fused-ring (bicyclic) bond motifs is 6. The van der Waals surface area contributed by atoms with E-state index in [2.05, 4.69) is 31.2 Å². The van der Waals surface area contributed by atoms with Gasteiger partial charge in [-0.05, 0) is 64.4 Å². The van der Waals surface area contributed by atoms with Crippen molar-refractivity contribution in [2.75, 3.05) is 0 Å². The van der Waals surface area contributed by atoms with Crippen LogP contribution in [0.15, 0.2) is 102 Å². The minimum absolute atomic E-state index is 0.284. The summed E-state index contributed by atoms with van der Waals surface area (Å²) in [6.07, 6.45) is 0. The van der Waals surface area contributed by atoms with Crippen molar-refractivity contribution >= 4 is 53.4 Å². The second-order valence-corrected chi connectivity index (χ2v) is 9.72. The lowest BCUT2D eigenvalue weighted by Gasteiger charge is -2.11. The molecule has 0 atom stereocenters. The number of rotatable bonds is 2. The first kappa shape index (κ1) is 18.2. The highest BCUT2D eigenvalue weighted by Gasteiger charge is 2.23. The van der Waals surface area contributed by atoms with Crippen molar-refractivity contribution in [2.24, 2.45) is 0 Å². The van der Waals surface area contributed by atoms with Crippen LogP contribution in [0.5, 0.6) is 0 Å². The second kappa shape index (κ2) is 6.43. The summed E-state index contributed by atoms with van der Waals surface area (Å²) in [5.74, 6) is 0. The summed E-state index contributed by atoms with van der Waals surface area (Å²) in [6, 6.07) is 31.0. The summed E-state index contributed by atoms with van der Waals surface area (Å²) in [7, 11) is -3.76. The van der Waals surface area contributed by atoms with Crippen LogP contribution < -0.4 is 0 Å². The van der Waals surface area contributed by atoms with Gasteiger partial charge in [-0.25, -0.2) is 12.4 Å². The lowest BCUT2D eigenvalue weighted by Crippen LogP contribution is -2.12. The summed E-state index contributed by atoms with van der Waals surface area (Å²) < 4.78 is 29.0. The third kappa shape index (κ3) is 2.55. The molecule has 0 aliphatic rings. The van der Waals surface area contributed by atoms with Crippen LogP contribution in [0.3, 0.4) is 0 Å². The average molecular weight is 422 g/mol. The molecule has 0 aliphatic heterocycles. The molecule has 0 bridgehead atoms. The number of hydrogen-bond donors (Lipinski definition) is 0. The Morgan fingerprint density at radius 1 is 0.581 bits per heavy atom. The summed E-state index contributed by atoms with van der Waals surface area (Å²) in [6.45, 7) is 2.12. The van der Waals surface area contributed by atoms with E-state index in [1.54, 1.807) is 24.3 Å². The van der Waals surface area contributed by atoms with Gasteiger partial charge in [0.2, 0.25) is 0 Å². The largest absolute Gasteiger partial charge is 0.268 e. The predicted octanol–water partition coefficient (Wildman–Crippen LogP) is 6.65. The van der Waals surface area contributed by atoms with Crippen LogP contribution in [0, 0.1) is 6.92 Å². The second-order valence-electron chi connectivity index (χ2n) is 7.93. The molecule has 0 saturated carbocycles. The maximum atomic E-state index is 13.7. The predicted molar refractivity (Wildman–Crippen MR) is 128 cm³/mol. The van der Waals surface area contributed by atoms with Gasteiger partial charge in [0.25, 0.3) is 10.0 Å². The van der Waals surface area contributed by atoms with E-state index in [-0.39, 0.29) is 4.90 Å². The molecule has 3 nitrogen and oxygen atoms in total. The van der Waals surface area contributed by atoms with E-state index in [9.17, 15) is 8.42 Å². The molecule has 0 radical (unpaired) electrons. The Bertz CT molecular complexity index is 1750. The first-order chi connectivity index (χ1) is 15.1.